The van der Waals surface area contributed by atoms with E-state index < -0.39 is 6.04 Å². The topological polar surface area (TPSA) is 67.9 Å². The molecule has 0 saturated carbocycles. The first-order valence-electron chi connectivity index (χ1n) is 9.67. The van der Waals surface area contributed by atoms with Gasteiger partial charge in [-0.05, 0) is 49.1 Å². The van der Waals surface area contributed by atoms with Crippen LogP contribution in [0.15, 0.2) is 42.5 Å². The van der Waals surface area contributed by atoms with Crippen LogP contribution >= 0.6 is 0 Å². The molecule has 0 spiro atoms. The van der Waals surface area contributed by atoms with Crippen LogP contribution in [0.2, 0.25) is 0 Å². The lowest BCUT2D eigenvalue weighted by Gasteiger charge is -2.29. The molecule has 156 valence electrons. The summed E-state index contributed by atoms with van der Waals surface area (Å²) < 4.78 is 10.6. The van der Waals surface area contributed by atoms with Crippen molar-refractivity contribution in [2.75, 3.05) is 21.3 Å². The first-order chi connectivity index (χ1) is 13.9. The Labute approximate surface area is 172 Å². The summed E-state index contributed by atoms with van der Waals surface area (Å²) in [6, 6.07) is 13.0. The van der Waals surface area contributed by atoms with Gasteiger partial charge in [-0.25, -0.2) is 0 Å². The van der Waals surface area contributed by atoms with Crippen LogP contribution in [-0.2, 0) is 22.6 Å². The molecule has 0 radical (unpaired) electrons. The molecule has 0 aliphatic heterocycles. The van der Waals surface area contributed by atoms with Crippen LogP contribution in [0, 0.1) is 6.92 Å². The molecule has 0 aromatic heterocycles. The minimum Gasteiger partial charge on any atom is -0.493 e. The number of benzene rings is 2. The number of rotatable bonds is 9. The smallest absolute Gasteiger partial charge is 0.242 e. The van der Waals surface area contributed by atoms with Crippen LogP contribution in [0.25, 0.3) is 0 Å². The Bertz CT molecular complexity index is 851. The Morgan fingerprint density at radius 1 is 1.07 bits per heavy atom. The summed E-state index contributed by atoms with van der Waals surface area (Å²) >= 11 is 0. The number of nitrogens with zero attached hydrogens (tertiary/aromatic N) is 1. The van der Waals surface area contributed by atoms with E-state index in [0.717, 1.165) is 16.7 Å². The minimum absolute atomic E-state index is 0.0702. The van der Waals surface area contributed by atoms with Gasteiger partial charge in [0.05, 0.1) is 14.2 Å². The van der Waals surface area contributed by atoms with Crippen molar-refractivity contribution in [2.45, 2.75) is 39.3 Å². The van der Waals surface area contributed by atoms with E-state index in [4.69, 9.17) is 9.47 Å². The van der Waals surface area contributed by atoms with Gasteiger partial charge in [-0.3, -0.25) is 9.59 Å². The number of carbonyl (C=O) groups excluding carboxylic acids is 2. The maximum Gasteiger partial charge on any atom is 0.242 e. The number of ether oxygens (including phenoxy) is 2. The third-order valence-corrected chi connectivity index (χ3v) is 5.09. The number of amides is 2. The van der Waals surface area contributed by atoms with Gasteiger partial charge in [0.25, 0.3) is 0 Å². The normalized spacial score (nSPS) is 11.5. The number of likely N-dealkylation sites (N-methyl/N-ethyl adjacent to an activating group) is 1. The van der Waals surface area contributed by atoms with E-state index in [1.807, 2.05) is 49.4 Å². The molecule has 0 unspecified atom stereocenters. The van der Waals surface area contributed by atoms with Crippen LogP contribution in [0.1, 0.15) is 30.0 Å². The molecule has 0 saturated heterocycles. The zero-order chi connectivity index (χ0) is 21.4. The molecule has 1 N–H and O–H groups in total. The van der Waals surface area contributed by atoms with E-state index in [9.17, 15) is 9.59 Å². The third-order valence-electron chi connectivity index (χ3n) is 5.09. The summed E-state index contributed by atoms with van der Waals surface area (Å²) in [6.45, 7) is 4.16. The van der Waals surface area contributed by atoms with E-state index in [2.05, 4.69) is 5.32 Å². The molecule has 29 heavy (non-hydrogen) atoms. The van der Waals surface area contributed by atoms with Crippen LogP contribution < -0.4 is 14.8 Å². The second-order valence-electron chi connectivity index (χ2n) is 6.93. The summed E-state index contributed by atoms with van der Waals surface area (Å²) in [6.07, 6.45) is 0.840. The van der Waals surface area contributed by atoms with Gasteiger partial charge < -0.3 is 19.7 Å². The quantitative estimate of drug-likeness (QED) is 0.705. The fraction of sp³-hybridized carbons (Fsp3) is 0.391. The Morgan fingerprint density at radius 2 is 1.76 bits per heavy atom. The second kappa shape index (κ2) is 10.5. The standard InChI is InChI=1S/C23H30N2O4/c1-16-8-6-7-9-19(16)15-25(17(2)23(27)24-3)22(26)13-11-18-10-12-20(28-4)21(14-18)29-5/h6-10,12,14,17H,11,13,15H2,1-5H3,(H,24,27)/t17-/m0/s1. The van der Waals surface area contributed by atoms with Crippen molar-refractivity contribution in [2.24, 2.45) is 0 Å². The summed E-state index contributed by atoms with van der Waals surface area (Å²) in [5, 5.41) is 2.64. The highest BCUT2D eigenvalue weighted by Crippen LogP contribution is 2.28. The molecular weight excluding hydrogens is 368 g/mol. The summed E-state index contributed by atoms with van der Waals surface area (Å²) in [5.74, 6) is 1.03. The van der Waals surface area contributed by atoms with E-state index in [-0.39, 0.29) is 11.8 Å². The predicted molar refractivity (Wildman–Crippen MR) is 113 cm³/mol. The van der Waals surface area contributed by atoms with Crippen LogP contribution in [-0.4, -0.2) is 44.0 Å². The van der Waals surface area contributed by atoms with E-state index >= 15 is 0 Å². The van der Waals surface area contributed by atoms with Crippen molar-refractivity contribution in [1.29, 1.82) is 0 Å². The molecule has 0 heterocycles. The van der Waals surface area contributed by atoms with Crippen LogP contribution in [0.3, 0.4) is 0 Å². The van der Waals surface area contributed by atoms with Gasteiger partial charge in [0.2, 0.25) is 11.8 Å². The molecule has 0 fully saturated rings. The summed E-state index contributed by atoms with van der Waals surface area (Å²) in [5.41, 5.74) is 3.09. The zero-order valence-corrected chi connectivity index (χ0v) is 17.8. The van der Waals surface area contributed by atoms with Crippen LogP contribution in [0.4, 0.5) is 0 Å². The molecule has 0 bridgehead atoms. The summed E-state index contributed by atoms with van der Waals surface area (Å²) in [4.78, 5) is 26.9. The highest BCUT2D eigenvalue weighted by atomic mass is 16.5. The first kappa shape index (κ1) is 22.3. The van der Waals surface area contributed by atoms with Crippen molar-refractivity contribution in [3.05, 3.63) is 59.2 Å². The van der Waals surface area contributed by atoms with Gasteiger partial charge in [0.15, 0.2) is 11.5 Å². The molecule has 6 heteroatoms. The average Bonchev–Trinajstić information content (AvgIpc) is 2.75. The van der Waals surface area contributed by atoms with Gasteiger partial charge >= 0.3 is 0 Å². The lowest BCUT2D eigenvalue weighted by Crippen LogP contribution is -2.46. The molecule has 0 aliphatic carbocycles. The highest BCUT2D eigenvalue weighted by molar-refractivity contribution is 5.87. The Balaban J connectivity index is 2.16. The molecular formula is C23H30N2O4. The van der Waals surface area contributed by atoms with Crippen molar-refractivity contribution >= 4 is 11.8 Å². The number of hydrogen-bond donors (Lipinski definition) is 1. The maximum atomic E-state index is 13.1. The molecule has 2 rings (SSSR count). The van der Waals surface area contributed by atoms with Gasteiger partial charge in [-0.15, -0.1) is 0 Å². The Morgan fingerprint density at radius 3 is 2.38 bits per heavy atom. The van der Waals surface area contributed by atoms with Gasteiger partial charge in [0.1, 0.15) is 6.04 Å². The number of nitrogens with one attached hydrogen (secondary N) is 1. The molecule has 2 amide bonds. The van der Waals surface area contributed by atoms with Crippen molar-refractivity contribution in [3.8, 4) is 11.5 Å². The molecule has 6 nitrogen and oxygen atoms in total. The van der Waals surface area contributed by atoms with Gasteiger partial charge in [0, 0.05) is 20.0 Å². The van der Waals surface area contributed by atoms with Crippen molar-refractivity contribution in [1.82, 2.24) is 10.2 Å². The molecule has 1 atom stereocenters. The number of methoxy groups -OCH3 is 2. The van der Waals surface area contributed by atoms with Gasteiger partial charge in [-0.1, -0.05) is 30.3 Å². The van der Waals surface area contributed by atoms with E-state index in [0.29, 0.717) is 30.9 Å². The molecule has 2 aromatic rings. The van der Waals surface area contributed by atoms with E-state index in [1.165, 1.54) is 0 Å². The Kier molecular flexibility index (Phi) is 8.07. The maximum absolute atomic E-state index is 13.1. The Hall–Kier alpha value is -3.02. The van der Waals surface area contributed by atoms with Crippen molar-refractivity contribution in [3.63, 3.8) is 0 Å². The minimum atomic E-state index is -0.558. The lowest BCUT2D eigenvalue weighted by atomic mass is 10.1. The fourth-order valence-electron chi connectivity index (χ4n) is 3.19. The number of carbonyl (C=O) groups is 2. The van der Waals surface area contributed by atoms with Crippen molar-refractivity contribution < 1.29 is 19.1 Å². The summed E-state index contributed by atoms with van der Waals surface area (Å²) in [7, 11) is 4.76. The predicted octanol–water partition coefficient (Wildman–Crippen LogP) is 3.11. The monoisotopic (exact) mass is 398 g/mol. The molecule has 0 aliphatic rings. The first-order valence-corrected chi connectivity index (χ1v) is 9.67. The van der Waals surface area contributed by atoms with E-state index in [1.54, 1.807) is 33.1 Å². The third kappa shape index (κ3) is 5.73. The SMILES string of the molecule is CNC(=O)[C@H](C)N(Cc1ccccc1C)C(=O)CCc1ccc(OC)c(OC)c1. The van der Waals surface area contributed by atoms with Crippen LogP contribution in [0.5, 0.6) is 11.5 Å². The van der Waals surface area contributed by atoms with Gasteiger partial charge in [-0.2, -0.15) is 0 Å². The second-order valence-corrected chi connectivity index (χ2v) is 6.93. The lowest BCUT2D eigenvalue weighted by molar-refractivity contribution is -0.140. The largest absolute Gasteiger partial charge is 0.493 e. The number of hydrogen-bond acceptors (Lipinski definition) is 4. The molecule has 2 aromatic carbocycles. The number of aryl methyl sites for hydroxylation is 2. The highest BCUT2D eigenvalue weighted by Gasteiger charge is 2.25. The fourth-order valence-corrected chi connectivity index (χ4v) is 3.19. The zero-order valence-electron chi connectivity index (χ0n) is 17.8. The average molecular weight is 399 g/mol.